The maximum absolute atomic E-state index is 9.57. The van der Waals surface area contributed by atoms with Crippen molar-refractivity contribution in [3.8, 4) is 6.07 Å². The molecule has 2 aromatic heterocycles. The standard InChI is InChI=1S/C19H23N7O/c1-2-21-19-22-5-3-17(24-19)25-6-8-26(9-7-25)18-14(12-20)11-15-13-27-10-4-16(15)23-18/h3,5,11H,2,4,6-10,13H2,1H3,(H,21,22,24). The molecule has 0 aliphatic carbocycles. The van der Waals surface area contributed by atoms with E-state index in [0.29, 0.717) is 24.7 Å². The first-order valence-corrected chi connectivity index (χ1v) is 9.36. The molecule has 2 aromatic rings. The van der Waals surface area contributed by atoms with Crippen LogP contribution in [0.4, 0.5) is 17.6 Å². The van der Waals surface area contributed by atoms with Crippen molar-refractivity contribution in [2.75, 3.05) is 54.4 Å². The molecule has 1 N–H and O–H groups in total. The molecule has 1 saturated heterocycles. The minimum absolute atomic E-state index is 0.549. The van der Waals surface area contributed by atoms with Crippen LogP contribution in [0.5, 0.6) is 0 Å². The van der Waals surface area contributed by atoms with Gasteiger partial charge in [-0.15, -0.1) is 0 Å². The Morgan fingerprint density at radius 2 is 2.04 bits per heavy atom. The number of nitrogens with one attached hydrogen (secondary N) is 1. The number of pyridine rings is 1. The first-order valence-electron chi connectivity index (χ1n) is 9.36. The van der Waals surface area contributed by atoms with Gasteiger partial charge in [0.15, 0.2) is 0 Å². The summed E-state index contributed by atoms with van der Waals surface area (Å²) in [5, 5.41) is 12.7. The molecule has 0 saturated carbocycles. The Morgan fingerprint density at radius 1 is 1.22 bits per heavy atom. The molecule has 0 bridgehead atoms. The Balaban J connectivity index is 1.49. The van der Waals surface area contributed by atoms with Crippen LogP contribution in [0.3, 0.4) is 0 Å². The number of hydrogen-bond donors (Lipinski definition) is 1. The second-order valence-electron chi connectivity index (χ2n) is 6.62. The molecular weight excluding hydrogens is 342 g/mol. The van der Waals surface area contributed by atoms with Gasteiger partial charge in [-0.05, 0) is 19.1 Å². The van der Waals surface area contributed by atoms with E-state index in [1.807, 2.05) is 19.1 Å². The van der Waals surface area contributed by atoms with E-state index in [9.17, 15) is 5.26 Å². The van der Waals surface area contributed by atoms with Crippen molar-refractivity contribution in [3.05, 3.63) is 35.2 Å². The van der Waals surface area contributed by atoms with Crippen LogP contribution in [0.15, 0.2) is 18.3 Å². The van der Waals surface area contributed by atoms with Crippen LogP contribution >= 0.6 is 0 Å². The summed E-state index contributed by atoms with van der Waals surface area (Å²) in [6, 6.07) is 6.18. The van der Waals surface area contributed by atoms with E-state index in [4.69, 9.17) is 9.72 Å². The summed E-state index contributed by atoms with van der Waals surface area (Å²) >= 11 is 0. The monoisotopic (exact) mass is 365 g/mol. The van der Waals surface area contributed by atoms with Crippen LogP contribution < -0.4 is 15.1 Å². The maximum atomic E-state index is 9.57. The Hall–Kier alpha value is -2.92. The minimum atomic E-state index is 0.549. The van der Waals surface area contributed by atoms with Crippen LogP contribution in [0, 0.1) is 11.3 Å². The Bertz CT molecular complexity index is 856. The highest BCUT2D eigenvalue weighted by Gasteiger charge is 2.24. The number of nitrogens with zero attached hydrogens (tertiary/aromatic N) is 6. The quantitative estimate of drug-likeness (QED) is 0.873. The fraction of sp³-hybridized carbons (Fsp3) is 0.474. The van der Waals surface area contributed by atoms with Gasteiger partial charge in [-0.2, -0.15) is 10.2 Å². The Kier molecular flexibility index (Phi) is 5.03. The van der Waals surface area contributed by atoms with Gasteiger partial charge in [-0.1, -0.05) is 0 Å². The van der Waals surface area contributed by atoms with Crippen molar-refractivity contribution < 1.29 is 4.74 Å². The van der Waals surface area contributed by atoms with Crippen molar-refractivity contribution in [2.45, 2.75) is 20.0 Å². The zero-order valence-corrected chi connectivity index (χ0v) is 15.5. The van der Waals surface area contributed by atoms with Gasteiger partial charge in [0.2, 0.25) is 5.95 Å². The van der Waals surface area contributed by atoms with E-state index in [1.54, 1.807) is 6.20 Å². The summed E-state index contributed by atoms with van der Waals surface area (Å²) in [5.74, 6) is 2.38. The topological polar surface area (TPSA) is 90.2 Å². The minimum Gasteiger partial charge on any atom is -0.376 e. The van der Waals surface area contributed by atoms with Gasteiger partial charge >= 0.3 is 0 Å². The second-order valence-corrected chi connectivity index (χ2v) is 6.62. The summed E-state index contributed by atoms with van der Waals surface area (Å²) in [6.45, 7) is 7.33. The average molecular weight is 365 g/mol. The molecule has 2 aliphatic rings. The van der Waals surface area contributed by atoms with Crippen molar-refractivity contribution in [1.82, 2.24) is 15.0 Å². The predicted molar refractivity (Wildman–Crippen MR) is 103 cm³/mol. The first kappa shape index (κ1) is 17.5. The molecule has 0 spiro atoms. The summed E-state index contributed by atoms with van der Waals surface area (Å²) < 4.78 is 5.48. The van der Waals surface area contributed by atoms with Gasteiger partial charge in [0.05, 0.1) is 24.5 Å². The molecule has 140 valence electrons. The van der Waals surface area contributed by atoms with Crippen LogP contribution in [-0.4, -0.2) is 54.3 Å². The molecule has 4 heterocycles. The normalized spacial score (nSPS) is 16.6. The van der Waals surface area contributed by atoms with Crippen LogP contribution in [0.2, 0.25) is 0 Å². The highest BCUT2D eigenvalue weighted by Crippen LogP contribution is 2.26. The lowest BCUT2D eigenvalue weighted by atomic mass is 10.1. The SMILES string of the molecule is CCNc1nccc(N2CCN(c3nc4c(cc3C#N)COCC4)CC2)n1. The molecule has 4 rings (SSSR count). The van der Waals surface area contributed by atoms with Gasteiger partial charge in [0.1, 0.15) is 17.7 Å². The zero-order chi connectivity index (χ0) is 18.6. The number of piperazine rings is 1. The maximum Gasteiger partial charge on any atom is 0.224 e. The number of nitriles is 1. The highest BCUT2D eigenvalue weighted by atomic mass is 16.5. The summed E-state index contributed by atoms with van der Waals surface area (Å²) in [4.78, 5) is 18.1. The van der Waals surface area contributed by atoms with Gasteiger partial charge in [0.25, 0.3) is 0 Å². The average Bonchev–Trinajstić information content (AvgIpc) is 2.73. The second kappa shape index (κ2) is 7.76. The summed E-state index contributed by atoms with van der Waals surface area (Å²) in [6.07, 6.45) is 2.59. The number of anilines is 3. The molecule has 1 fully saturated rings. The van der Waals surface area contributed by atoms with Crippen LogP contribution in [0.25, 0.3) is 0 Å². The number of ether oxygens (including phenoxy) is 1. The molecule has 0 unspecified atom stereocenters. The lowest BCUT2D eigenvalue weighted by Gasteiger charge is -2.36. The molecule has 0 aromatic carbocycles. The van der Waals surface area contributed by atoms with Crippen molar-refractivity contribution in [1.29, 1.82) is 5.26 Å². The summed E-state index contributed by atoms with van der Waals surface area (Å²) in [7, 11) is 0. The Labute approximate surface area is 158 Å². The zero-order valence-electron chi connectivity index (χ0n) is 15.5. The molecule has 8 nitrogen and oxygen atoms in total. The smallest absolute Gasteiger partial charge is 0.224 e. The molecule has 0 radical (unpaired) electrons. The van der Waals surface area contributed by atoms with E-state index in [0.717, 1.165) is 62.0 Å². The van der Waals surface area contributed by atoms with Gasteiger partial charge in [-0.3, -0.25) is 0 Å². The van der Waals surface area contributed by atoms with E-state index in [1.165, 1.54) is 0 Å². The van der Waals surface area contributed by atoms with E-state index >= 15 is 0 Å². The van der Waals surface area contributed by atoms with Gasteiger partial charge < -0.3 is 19.9 Å². The van der Waals surface area contributed by atoms with Crippen LogP contribution in [0.1, 0.15) is 23.7 Å². The number of aromatic nitrogens is 3. The lowest BCUT2D eigenvalue weighted by Crippen LogP contribution is -2.47. The molecule has 2 aliphatic heterocycles. The number of fused-ring (bicyclic) bond motifs is 1. The summed E-state index contributed by atoms with van der Waals surface area (Å²) in [5.41, 5.74) is 2.73. The van der Waals surface area contributed by atoms with E-state index in [-0.39, 0.29) is 0 Å². The third-order valence-electron chi connectivity index (χ3n) is 4.91. The largest absolute Gasteiger partial charge is 0.376 e. The lowest BCUT2D eigenvalue weighted by molar-refractivity contribution is 0.109. The molecule has 0 amide bonds. The van der Waals surface area contributed by atoms with Crippen molar-refractivity contribution >= 4 is 17.6 Å². The highest BCUT2D eigenvalue weighted by molar-refractivity contribution is 5.57. The first-order chi connectivity index (χ1) is 13.3. The van der Waals surface area contributed by atoms with E-state index in [2.05, 4.69) is 31.2 Å². The van der Waals surface area contributed by atoms with Gasteiger partial charge in [-0.25, -0.2) is 9.97 Å². The fourth-order valence-electron chi connectivity index (χ4n) is 3.51. The predicted octanol–water partition coefficient (Wildman–Crippen LogP) is 1.57. The van der Waals surface area contributed by atoms with Crippen LogP contribution in [-0.2, 0) is 17.8 Å². The third-order valence-corrected chi connectivity index (χ3v) is 4.91. The molecule has 0 atom stereocenters. The van der Waals surface area contributed by atoms with Crippen molar-refractivity contribution in [2.24, 2.45) is 0 Å². The molecular formula is C19H23N7O. The molecule has 27 heavy (non-hydrogen) atoms. The van der Waals surface area contributed by atoms with Crippen molar-refractivity contribution in [3.63, 3.8) is 0 Å². The number of hydrogen-bond acceptors (Lipinski definition) is 8. The van der Waals surface area contributed by atoms with E-state index < -0.39 is 0 Å². The fourth-order valence-corrected chi connectivity index (χ4v) is 3.51. The Morgan fingerprint density at radius 3 is 2.81 bits per heavy atom. The number of rotatable bonds is 4. The molecule has 8 heteroatoms. The third kappa shape index (κ3) is 3.64. The van der Waals surface area contributed by atoms with Gasteiger partial charge in [0, 0.05) is 50.9 Å².